The lowest BCUT2D eigenvalue weighted by molar-refractivity contribution is -0.126. The molecule has 8 nitrogen and oxygen atoms in total. The number of ether oxygens (including phenoxy) is 2. The van der Waals surface area contributed by atoms with Crippen molar-refractivity contribution in [1.82, 2.24) is 5.32 Å². The van der Waals surface area contributed by atoms with Gasteiger partial charge in [-0.15, -0.1) is 0 Å². The van der Waals surface area contributed by atoms with Crippen LogP contribution in [0.5, 0.6) is 5.75 Å². The lowest BCUT2D eigenvalue weighted by atomic mass is 10.1. The number of anilines is 2. The minimum Gasteiger partial charge on any atom is -0.484 e. The number of benzene rings is 2. The molecule has 2 aromatic rings. The number of carbonyl (C=O) groups is 3. The maximum atomic E-state index is 12.5. The standard InChI is InChI=1S/C24H26ClN3O5/c25-17-3-5-18(6-4-17)27-22(29)15-33-20-9-7-19(8-10-20)28-14-16(12-23(28)30)24(31)26-13-21-2-1-11-32-21/h3-10,16,21H,1-2,11-15H2,(H,26,31)(H,27,29)/t16-,21-/m0/s1. The zero-order chi connectivity index (χ0) is 23.2. The van der Waals surface area contributed by atoms with Crippen molar-refractivity contribution in [3.8, 4) is 5.75 Å². The number of rotatable bonds is 8. The molecule has 2 heterocycles. The van der Waals surface area contributed by atoms with Crippen LogP contribution in [-0.2, 0) is 19.1 Å². The van der Waals surface area contributed by atoms with Crippen LogP contribution in [0.3, 0.4) is 0 Å². The Morgan fingerprint density at radius 2 is 1.88 bits per heavy atom. The highest BCUT2D eigenvalue weighted by Crippen LogP contribution is 2.27. The zero-order valence-electron chi connectivity index (χ0n) is 18.1. The van der Waals surface area contributed by atoms with Crippen LogP contribution >= 0.6 is 11.6 Å². The van der Waals surface area contributed by atoms with E-state index in [2.05, 4.69) is 10.6 Å². The Hall–Kier alpha value is -3.10. The van der Waals surface area contributed by atoms with Crippen molar-refractivity contribution in [2.75, 3.05) is 36.5 Å². The van der Waals surface area contributed by atoms with Gasteiger partial charge in [0.25, 0.3) is 5.91 Å². The average molecular weight is 472 g/mol. The van der Waals surface area contributed by atoms with E-state index in [0.29, 0.717) is 35.2 Å². The topological polar surface area (TPSA) is 97.0 Å². The van der Waals surface area contributed by atoms with Crippen LogP contribution in [0.4, 0.5) is 11.4 Å². The smallest absolute Gasteiger partial charge is 0.262 e. The van der Waals surface area contributed by atoms with Crippen molar-refractivity contribution >= 4 is 40.7 Å². The second-order valence-corrected chi connectivity index (χ2v) is 8.56. The van der Waals surface area contributed by atoms with Crippen LogP contribution < -0.4 is 20.3 Å². The van der Waals surface area contributed by atoms with Crippen molar-refractivity contribution in [3.63, 3.8) is 0 Å². The highest BCUT2D eigenvalue weighted by molar-refractivity contribution is 6.30. The lowest BCUT2D eigenvalue weighted by Crippen LogP contribution is -2.37. The maximum absolute atomic E-state index is 12.5. The Morgan fingerprint density at radius 1 is 1.12 bits per heavy atom. The molecular weight excluding hydrogens is 446 g/mol. The largest absolute Gasteiger partial charge is 0.484 e. The van der Waals surface area contributed by atoms with Crippen molar-refractivity contribution in [2.24, 2.45) is 5.92 Å². The van der Waals surface area contributed by atoms with E-state index in [4.69, 9.17) is 21.1 Å². The van der Waals surface area contributed by atoms with E-state index in [-0.39, 0.29) is 42.8 Å². The SMILES string of the molecule is O=C(COc1ccc(N2C[C@@H](C(=O)NC[C@@H]3CCCO3)CC2=O)cc1)Nc1ccc(Cl)cc1. The Kier molecular flexibility index (Phi) is 7.47. The Morgan fingerprint density at radius 3 is 2.58 bits per heavy atom. The molecule has 9 heteroatoms. The molecule has 174 valence electrons. The van der Waals surface area contributed by atoms with Crippen LogP contribution in [0, 0.1) is 5.92 Å². The van der Waals surface area contributed by atoms with Gasteiger partial charge in [0.2, 0.25) is 11.8 Å². The number of amides is 3. The van der Waals surface area contributed by atoms with Crippen LogP contribution in [0.25, 0.3) is 0 Å². The minimum absolute atomic E-state index is 0.0722. The molecule has 0 saturated carbocycles. The lowest BCUT2D eigenvalue weighted by Gasteiger charge is -2.18. The van der Waals surface area contributed by atoms with Gasteiger partial charge in [-0.05, 0) is 61.4 Å². The van der Waals surface area contributed by atoms with Gasteiger partial charge in [0.15, 0.2) is 6.61 Å². The highest BCUT2D eigenvalue weighted by Gasteiger charge is 2.35. The number of hydrogen-bond donors (Lipinski definition) is 2. The van der Waals surface area contributed by atoms with E-state index in [1.807, 2.05) is 0 Å². The molecule has 0 spiro atoms. The third-order valence-corrected chi connectivity index (χ3v) is 5.92. The molecule has 2 saturated heterocycles. The molecule has 2 aromatic carbocycles. The van der Waals surface area contributed by atoms with E-state index in [9.17, 15) is 14.4 Å². The molecule has 3 amide bonds. The molecule has 2 fully saturated rings. The molecule has 2 N–H and O–H groups in total. The molecule has 2 aliphatic heterocycles. The van der Waals surface area contributed by atoms with Gasteiger partial charge in [-0.3, -0.25) is 14.4 Å². The van der Waals surface area contributed by atoms with Crippen LogP contribution in [0.1, 0.15) is 19.3 Å². The van der Waals surface area contributed by atoms with Crippen LogP contribution in [0.15, 0.2) is 48.5 Å². The summed E-state index contributed by atoms with van der Waals surface area (Å²) in [6.07, 6.45) is 2.22. The van der Waals surface area contributed by atoms with E-state index >= 15 is 0 Å². The number of hydrogen-bond acceptors (Lipinski definition) is 5. The van der Waals surface area contributed by atoms with Crippen LogP contribution in [-0.4, -0.2) is 50.1 Å². The summed E-state index contributed by atoms with van der Waals surface area (Å²) >= 11 is 5.83. The third kappa shape index (κ3) is 6.24. The second-order valence-electron chi connectivity index (χ2n) is 8.12. The van der Waals surface area contributed by atoms with E-state index in [0.717, 1.165) is 19.4 Å². The third-order valence-electron chi connectivity index (χ3n) is 5.67. The molecule has 2 aliphatic rings. The van der Waals surface area contributed by atoms with Crippen molar-refractivity contribution in [2.45, 2.75) is 25.4 Å². The fourth-order valence-electron chi connectivity index (χ4n) is 3.90. The van der Waals surface area contributed by atoms with Gasteiger partial charge in [-0.2, -0.15) is 0 Å². The average Bonchev–Trinajstić information content (AvgIpc) is 3.48. The first kappa shape index (κ1) is 23.1. The summed E-state index contributed by atoms with van der Waals surface area (Å²) in [5.74, 6) is -0.391. The Labute approximate surface area is 197 Å². The molecule has 0 aliphatic carbocycles. The monoisotopic (exact) mass is 471 g/mol. The predicted octanol–water partition coefficient (Wildman–Crippen LogP) is 3.01. The van der Waals surface area contributed by atoms with Gasteiger partial charge in [-0.25, -0.2) is 0 Å². The first-order chi connectivity index (χ1) is 16.0. The molecule has 0 aromatic heterocycles. The van der Waals surface area contributed by atoms with E-state index in [1.54, 1.807) is 53.4 Å². The summed E-state index contributed by atoms with van der Waals surface area (Å²) in [6.45, 7) is 1.40. The maximum Gasteiger partial charge on any atom is 0.262 e. The number of nitrogens with zero attached hydrogens (tertiary/aromatic N) is 1. The zero-order valence-corrected chi connectivity index (χ0v) is 18.8. The fraction of sp³-hybridized carbons (Fsp3) is 0.375. The number of nitrogens with one attached hydrogen (secondary N) is 2. The van der Waals surface area contributed by atoms with Gasteiger partial charge >= 0.3 is 0 Å². The molecule has 0 unspecified atom stereocenters. The Balaban J connectivity index is 1.25. The molecular formula is C24H26ClN3O5. The summed E-state index contributed by atoms with van der Waals surface area (Å²) < 4.78 is 11.1. The highest BCUT2D eigenvalue weighted by atomic mass is 35.5. The Bertz CT molecular complexity index is 990. The van der Waals surface area contributed by atoms with Gasteiger partial charge in [0.05, 0.1) is 12.0 Å². The number of halogens is 1. The molecule has 0 bridgehead atoms. The molecule has 4 rings (SSSR count). The van der Waals surface area contributed by atoms with E-state index in [1.165, 1.54) is 0 Å². The predicted molar refractivity (Wildman–Crippen MR) is 124 cm³/mol. The second kappa shape index (κ2) is 10.7. The molecule has 0 radical (unpaired) electrons. The van der Waals surface area contributed by atoms with Gasteiger partial charge < -0.3 is 25.0 Å². The summed E-state index contributed by atoms with van der Waals surface area (Å²) in [6, 6.07) is 13.7. The first-order valence-electron chi connectivity index (χ1n) is 11.0. The molecule has 2 atom stereocenters. The summed E-state index contributed by atoms with van der Waals surface area (Å²) in [5, 5.41) is 6.22. The van der Waals surface area contributed by atoms with Crippen molar-refractivity contribution < 1.29 is 23.9 Å². The number of carbonyl (C=O) groups excluding carboxylic acids is 3. The van der Waals surface area contributed by atoms with Gasteiger partial charge in [0, 0.05) is 42.5 Å². The summed E-state index contributed by atoms with van der Waals surface area (Å²) in [7, 11) is 0. The van der Waals surface area contributed by atoms with Gasteiger partial charge in [-0.1, -0.05) is 11.6 Å². The fourth-order valence-corrected chi connectivity index (χ4v) is 4.02. The summed E-state index contributed by atoms with van der Waals surface area (Å²) in [5.41, 5.74) is 1.32. The first-order valence-corrected chi connectivity index (χ1v) is 11.3. The summed E-state index contributed by atoms with van der Waals surface area (Å²) in [4.78, 5) is 38.6. The van der Waals surface area contributed by atoms with Gasteiger partial charge in [0.1, 0.15) is 5.75 Å². The van der Waals surface area contributed by atoms with Crippen molar-refractivity contribution in [3.05, 3.63) is 53.6 Å². The minimum atomic E-state index is -0.383. The normalized spacial score (nSPS) is 20.0. The quantitative estimate of drug-likeness (QED) is 0.617. The van der Waals surface area contributed by atoms with E-state index < -0.39 is 0 Å². The molecule has 33 heavy (non-hydrogen) atoms. The van der Waals surface area contributed by atoms with Crippen LogP contribution in [0.2, 0.25) is 5.02 Å². The van der Waals surface area contributed by atoms with Crippen molar-refractivity contribution in [1.29, 1.82) is 0 Å².